The van der Waals surface area contributed by atoms with E-state index in [1.165, 1.54) is 0 Å². The molecule has 3 nitrogen and oxygen atoms in total. The Kier molecular flexibility index (Phi) is 4.81. The van der Waals surface area contributed by atoms with E-state index in [4.69, 9.17) is 16.0 Å². The molecule has 0 bridgehead atoms. The summed E-state index contributed by atoms with van der Waals surface area (Å²) in [5.74, 6) is 1.79. The lowest BCUT2D eigenvalue weighted by Crippen LogP contribution is -1.85. The highest BCUT2D eigenvalue weighted by atomic mass is 127. The molecule has 0 fully saturated rings. The molecule has 0 saturated carbocycles. The topological polar surface area (TPSA) is 38.9 Å². The highest BCUT2D eigenvalue weighted by Gasteiger charge is 2.11. The molecule has 0 aliphatic carbocycles. The van der Waals surface area contributed by atoms with E-state index in [0.29, 0.717) is 17.7 Å². The van der Waals surface area contributed by atoms with Crippen LogP contribution >= 0.6 is 50.1 Å². The van der Waals surface area contributed by atoms with Crippen molar-refractivity contribution in [3.05, 3.63) is 32.1 Å². The zero-order chi connectivity index (χ0) is 12.3. The Morgan fingerprint density at radius 2 is 2.18 bits per heavy atom. The van der Waals surface area contributed by atoms with Gasteiger partial charge in [-0.1, -0.05) is 15.9 Å². The molecule has 0 spiro atoms. The molecule has 0 unspecified atom stereocenters. The quantitative estimate of drug-likeness (QED) is 0.540. The maximum absolute atomic E-state index is 5.62. The SMILES string of the molecule is ClCCCc1nnc(-c2cc(Br)ccc2I)o1. The van der Waals surface area contributed by atoms with Gasteiger partial charge in [0.25, 0.3) is 0 Å². The van der Waals surface area contributed by atoms with Gasteiger partial charge in [-0.15, -0.1) is 21.8 Å². The third-order valence-corrected chi connectivity index (χ3v) is 3.85. The van der Waals surface area contributed by atoms with E-state index in [-0.39, 0.29) is 0 Å². The number of alkyl halides is 1. The first-order chi connectivity index (χ1) is 8.20. The van der Waals surface area contributed by atoms with Gasteiger partial charge in [-0.05, 0) is 47.2 Å². The lowest BCUT2D eigenvalue weighted by molar-refractivity contribution is 0.502. The lowest BCUT2D eigenvalue weighted by atomic mass is 10.2. The van der Waals surface area contributed by atoms with Crippen molar-refractivity contribution in [2.75, 3.05) is 5.88 Å². The van der Waals surface area contributed by atoms with Crippen molar-refractivity contribution in [2.24, 2.45) is 0 Å². The first kappa shape index (κ1) is 13.3. The predicted octanol–water partition coefficient (Wildman–Crippen LogP) is 4.28. The predicted molar refractivity (Wildman–Crippen MR) is 79.2 cm³/mol. The second-order valence-electron chi connectivity index (χ2n) is 3.42. The summed E-state index contributed by atoms with van der Waals surface area (Å²) in [6.45, 7) is 0. The first-order valence-electron chi connectivity index (χ1n) is 5.04. The fourth-order valence-corrected chi connectivity index (χ4v) is 2.40. The molecule has 2 rings (SSSR count). The minimum Gasteiger partial charge on any atom is -0.421 e. The molecule has 90 valence electrons. The van der Waals surface area contributed by atoms with Gasteiger partial charge in [0.2, 0.25) is 11.8 Å². The van der Waals surface area contributed by atoms with Crippen LogP contribution in [0.2, 0.25) is 0 Å². The number of aromatic nitrogens is 2. The summed E-state index contributed by atoms with van der Waals surface area (Å²) in [5, 5.41) is 8.06. The van der Waals surface area contributed by atoms with Crippen LogP contribution in [0.5, 0.6) is 0 Å². The highest BCUT2D eigenvalue weighted by molar-refractivity contribution is 14.1. The molecular formula is C11H9BrClIN2O. The molecule has 0 radical (unpaired) electrons. The molecule has 1 heterocycles. The number of hydrogen-bond acceptors (Lipinski definition) is 3. The van der Waals surface area contributed by atoms with E-state index in [1.54, 1.807) is 0 Å². The zero-order valence-electron chi connectivity index (χ0n) is 8.79. The third kappa shape index (κ3) is 3.42. The maximum atomic E-state index is 5.62. The van der Waals surface area contributed by atoms with Crippen molar-refractivity contribution in [2.45, 2.75) is 12.8 Å². The van der Waals surface area contributed by atoms with Crippen LogP contribution in [0.3, 0.4) is 0 Å². The summed E-state index contributed by atoms with van der Waals surface area (Å²) in [5.41, 5.74) is 0.949. The first-order valence-corrected chi connectivity index (χ1v) is 7.45. The highest BCUT2D eigenvalue weighted by Crippen LogP contribution is 2.27. The Bertz CT molecular complexity index is 518. The van der Waals surface area contributed by atoms with Gasteiger partial charge in [0.15, 0.2) is 0 Å². The normalized spacial score (nSPS) is 10.8. The molecule has 1 aromatic carbocycles. The molecule has 0 aliphatic rings. The Balaban J connectivity index is 2.27. The Hall–Kier alpha value is -0.140. The average molecular weight is 427 g/mol. The summed E-state index contributed by atoms with van der Waals surface area (Å²) in [4.78, 5) is 0. The van der Waals surface area contributed by atoms with E-state index in [0.717, 1.165) is 26.4 Å². The molecule has 2 aromatic rings. The van der Waals surface area contributed by atoms with Crippen LogP contribution < -0.4 is 0 Å². The van der Waals surface area contributed by atoms with Gasteiger partial charge in [0, 0.05) is 20.3 Å². The van der Waals surface area contributed by atoms with Crippen LogP contribution in [0.1, 0.15) is 12.3 Å². The van der Waals surface area contributed by atoms with Crippen molar-refractivity contribution in [3.63, 3.8) is 0 Å². The van der Waals surface area contributed by atoms with Gasteiger partial charge >= 0.3 is 0 Å². The number of aryl methyl sites for hydroxylation is 1. The van der Waals surface area contributed by atoms with Crippen LogP contribution in [-0.4, -0.2) is 16.1 Å². The van der Waals surface area contributed by atoms with Crippen molar-refractivity contribution in [3.8, 4) is 11.5 Å². The molecule has 0 atom stereocenters. The number of rotatable bonds is 4. The van der Waals surface area contributed by atoms with Gasteiger partial charge in [-0.3, -0.25) is 0 Å². The van der Waals surface area contributed by atoms with Gasteiger partial charge in [0.1, 0.15) is 0 Å². The van der Waals surface area contributed by atoms with Crippen LogP contribution in [0.4, 0.5) is 0 Å². The maximum Gasteiger partial charge on any atom is 0.248 e. The zero-order valence-corrected chi connectivity index (χ0v) is 13.3. The number of nitrogens with zero attached hydrogens (tertiary/aromatic N) is 2. The smallest absolute Gasteiger partial charge is 0.248 e. The fraction of sp³-hybridized carbons (Fsp3) is 0.273. The second-order valence-corrected chi connectivity index (χ2v) is 5.87. The van der Waals surface area contributed by atoms with Gasteiger partial charge in [-0.2, -0.15) is 0 Å². The third-order valence-electron chi connectivity index (χ3n) is 2.15. The van der Waals surface area contributed by atoms with Crippen molar-refractivity contribution >= 4 is 50.1 Å². The monoisotopic (exact) mass is 426 g/mol. The molecule has 6 heteroatoms. The average Bonchev–Trinajstić information content (AvgIpc) is 2.78. The summed E-state index contributed by atoms with van der Waals surface area (Å²) in [7, 11) is 0. The van der Waals surface area contributed by atoms with E-state index < -0.39 is 0 Å². The Labute approximate surface area is 126 Å². The Morgan fingerprint density at radius 1 is 1.35 bits per heavy atom. The fourth-order valence-electron chi connectivity index (χ4n) is 1.34. The summed E-state index contributed by atoms with van der Waals surface area (Å²) >= 11 is 11.3. The standard InChI is InChI=1S/C11H9BrClIN2O/c12-7-3-4-9(14)8(6-7)11-16-15-10(17-11)2-1-5-13/h3-4,6H,1-2,5H2. The van der Waals surface area contributed by atoms with Crippen LogP contribution in [0.15, 0.2) is 27.1 Å². The molecule has 0 aliphatic heterocycles. The Morgan fingerprint density at radius 3 is 2.94 bits per heavy atom. The van der Waals surface area contributed by atoms with Gasteiger partial charge in [0.05, 0.1) is 5.56 Å². The minimum atomic E-state index is 0.556. The molecule has 17 heavy (non-hydrogen) atoms. The number of hydrogen-bond donors (Lipinski definition) is 0. The van der Waals surface area contributed by atoms with Crippen LogP contribution in [0.25, 0.3) is 11.5 Å². The van der Waals surface area contributed by atoms with Crippen molar-refractivity contribution < 1.29 is 4.42 Å². The molecule has 0 saturated heterocycles. The summed E-state index contributed by atoms with van der Waals surface area (Å²) in [6, 6.07) is 5.96. The largest absolute Gasteiger partial charge is 0.421 e. The summed E-state index contributed by atoms with van der Waals surface area (Å²) < 4.78 is 7.68. The van der Waals surface area contributed by atoms with Crippen molar-refractivity contribution in [1.29, 1.82) is 0 Å². The minimum absolute atomic E-state index is 0.556. The van der Waals surface area contributed by atoms with Gasteiger partial charge in [-0.25, -0.2) is 0 Å². The van der Waals surface area contributed by atoms with Gasteiger partial charge < -0.3 is 4.42 Å². The van der Waals surface area contributed by atoms with E-state index in [2.05, 4.69) is 48.7 Å². The lowest BCUT2D eigenvalue weighted by Gasteiger charge is -1.99. The number of halogens is 3. The molecular weight excluding hydrogens is 418 g/mol. The molecule has 0 N–H and O–H groups in total. The molecule has 0 amide bonds. The number of benzene rings is 1. The molecule has 1 aromatic heterocycles. The second kappa shape index (κ2) is 6.15. The van der Waals surface area contributed by atoms with E-state index >= 15 is 0 Å². The van der Waals surface area contributed by atoms with E-state index in [9.17, 15) is 0 Å². The van der Waals surface area contributed by atoms with Crippen LogP contribution in [-0.2, 0) is 6.42 Å². The van der Waals surface area contributed by atoms with E-state index in [1.807, 2.05) is 18.2 Å². The van der Waals surface area contributed by atoms with Crippen LogP contribution in [0, 0.1) is 3.57 Å². The van der Waals surface area contributed by atoms with Crippen molar-refractivity contribution in [1.82, 2.24) is 10.2 Å². The summed E-state index contributed by atoms with van der Waals surface area (Å²) in [6.07, 6.45) is 1.57.